The fourth-order valence-electron chi connectivity index (χ4n) is 9.57. The lowest BCUT2D eigenvalue weighted by Gasteiger charge is -2.28. The number of aryl methyl sites for hydroxylation is 5. The van der Waals surface area contributed by atoms with Crippen LogP contribution in [0.5, 0.6) is 23.0 Å². The summed E-state index contributed by atoms with van der Waals surface area (Å²) in [7, 11) is -0.894. The molecule has 0 amide bonds. The van der Waals surface area contributed by atoms with Crippen LogP contribution in [0, 0.1) is 34.6 Å². The van der Waals surface area contributed by atoms with Gasteiger partial charge < -0.3 is 35.3 Å². The molecule has 6 aromatic carbocycles. The number of hydrogen-bond acceptors (Lipinski definition) is 8. The first kappa shape index (κ1) is 53.6. The zero-order valence-corrected chi connectivity index (χ0v) is 49.4. The van der Waals surface area contributed by atoms with Crippen molar-refractivity contribution in [2.45, 2.75) is 166 Å². The van der Waals surface area contributed by atoms with E-state index in [2.05, 4.69) is 193 Å². The van der Waals surface area contributed by atoms with E-state index in [0.717, 1.165) is 82.8 Å². The Bertz CT molecular complexity index is 3480. The minimum absolute atomic E-state index is 0.0978. The fourth-order valence-corrected chi connectivity index (χ4v) is 12.1. The molecule has 1 atom stereocenters. The molecular formula is C63H78O8P2. The van der Waals surface area contributed by atoms with Crippen LogP contribution in [0.15, 0.2) is 89.6 Å². The van der Waals surface area contributed by atoms with Gasteiger partial charge in [-0.05, 0) is 155 Å². The molecule has 0 bridgehead atoms. The first-order valence-corrected chi connectivity index (χ1v) is 27.7. The van der Waals surface area contributed by atoms with Crippen molar-refractivity contribution in [2.75, 3.05) is 14.2 Å². The highest BCUT2D eigenvalue weighted by Crippen LogP contribution is 2.54. The standard InChI is InChI=1S/C63H78O8P2/c1-35-23-36(2)53-45(24-35)46-28-40(59(6,7)8)25-37(3)54(46)67-72(66-53)70-57-49(31-43(64-21)33-51(57)62(15,16)17)50-32-44(65-22)34-52(63(18,19)20)58(50)71-73-68-55-38(4)26-41(60(9,10)11)29-47(55)48-30-42(61(12,13)14)27-39(5)56(48)69-73/h23-34H,1-22H3. The second-order valence-electron chi connectivity index (χ2n) is 25.3. The molecule has 8 rings (SSSR count). The van der Waals surface area contributed by atoms with E-state index in [4.69, 9.17) is 35.3 Å². The SMILES string of the molecule is COc1cc(-c2cc(OC)cc(C(C)(C)C)c2Op2oc3c(C)cc(C(C)(C)C)cc3c3cc(C(C)(C)C)cc(C)c3o2)c(Op2oc3c(C)cc(C)cc3c3cc(C(C)(C)C)cc(C)c3o2)c(C(C)(C)C)c1. The Kier molecular flexibility index (Phi) is 13.9. The third-order valence-electron chi connectivity index (χ3n) is 13.9. The largest absolute Gasteiger partial charge is 0.497 e. The number of benzene rings is 6. The molecule has 0 aliphatic carbocycles. The summed E-state index contributed by atoms with van der Waals surface area (Å²) in [5, 5.41) is 3.92. The molecule has 0 N–H and O–H groups in total. The van der Waals surface area contributed by atoms with Crippen LogP contribution in [0.3, 0.4) is 0 Å². The lowest BCUT2D eigenvalue weighted by molar-refractivity contribution is 0.409. The first-order valence-electron chi connectivity index (χ1n) is 25.5. The van der Waals surface area contributed by atoms with Crippen LogP contribution < -0.4 is 18.5 Å². The first-order chi connectivity index (χ1) is 33.8. The Hall–Kier alpha value is -5.68. The minimum atomic E-state index is -2.15. The maximum atomic E-state index is 7.45. The van der Waals surface area contributed by atoms with Crippen molar-refractivity contribution in [1.29, 1.82) is 0 Å². The van der Waals surface area contributed by atoms with Crippen molar-refractivity contribution in [3.05, 3.63) is 128 Å². The van der Waals surface area contributed by atoms with Gasteiger partial charge in [-0.2, -0.15) is 0 Å². The van der Waals surface area contributed by atoms with Crippen LogP contribution in [0.1, 0.15) is 159 Å². The van der Waals surface area contributed by atoms with Gasteiger partial charge in [-0.1, -0.05) is 128 Å². The van der Waals surface area contributed by atoms with Gasteiger partial charge in [0, 0.05) is 43.8 Å². The molecule has 2 aromatic heterocycles. The highest BCUT2D eigenvalue weighted by Gasteiger charge is 2.32. The molecule has 8 aromatic rings. The molecule has 0 saturated heterocycles. The Morgan fingerprint density at radius 1 is 0.342 bits per heavy atom. The maximum Gasteiger partial charge on any atom is 0.453 e. The number of ether oxygens (including phenoxy) is 2. The molecule has 0 radical (unpaired) electrons. The van der Waals surface area contributed by atoms with Crippen LogP contribution in [0.25, 0.3) is 55.0 Å². The molecule has 0 fully saturated rings. The van der Waals surface area contributed by atoms with Gasteiger partial charge in [0.1, 0.15) is 45.3 Å². The van der Waals surface area contributed by atoms with Crippen LogP contribution in [0.4, 0.5) is 0 Å². The van der Waals surface area contributed by atoms with E-state index in [-0.39, 0.29) is 16.2 Å². The molecule has 10 heteroatoms. The summed E-state index contributed by atoms with van der Waals surface area (Å²) < 4.78 is 55.6. The number of fused-ring (bicyclic) bond motifs is 6. The maximum absolute atomic E-state index is 7.45. The van der Waals surface area contributed by atoms with Gasteiger partial charge in [0.05, 0.1) is 14.2 Å². The Morgan fingerprint density at radius 3 is 0.904 bits per heavy atom. The summed E-state index contributed by atoms with van der Waals surface area (Å²) in [6, 6.07) is 25.9. The molecule has 388 valence electrons. The third kappa shape index (κ3) is 10.7. The third-order valence-corrected chi connectivity index (χ3v) is 15.9. The Morgan fingerprint density at radius 2 is 0.630 bits per heavy atom. The summed E-state index contributed by atoms with van der Waals surface area (Å²) in [6.45, 7) is 43.8. The Labute approximate surface area is 436 Å². The smallest absolute Gasteiger partial charge is 0.453 e. The molecule has 0 spiro atoms. The summed E-state index contributed by atoms with van der Waals surface area (Å²) in [4.78, 5) is 0. The van der Waals surface area contributed by atoms with Crippen molar-refractivity contribution in [3.63, 3.8) is 0 Å². The predicted molar refractivity (Wildman–Crippen MR) is 307 cm³/mol. The van der Waals surface area contributed by atoms with Gasteiger partial charge in [-0.25, -0.2) is 0 Å². The molecule has 1 unspecified atom stereocenters. The van der Waals surface area contributed by atoms with Crippen molar-refractivity contribution < 1.29 is 35.3 Å². The highest BCUT2D eigenvalue weighted by molar-refractivity contribution is 7.32. The quantitative estimate of drug-likeness (QED) is 0.156. The zero-order chi connectivity index (χ0) is 53.7. The minimum Gasteiger partial charge on any atom is -0.497 e. The van der Waals surface area contributed by atoms with E-state index in [9.17, 15) is 0 Å². The highest BCUT2D eigenvalue weighted by atomic mass is 31.1. The van der Waals surface area contributed by atoms with Gasteiger partial charge in [0.2, 0.25) is 0 Å². The second-order valence-corrected chi connectivity index (χ2v) is 27.3. The van der Waals surface area contributed by atoms with E-state index in [1.807, 2.05) is 18.2 Å². The monoisotopic (exact) mass is 1020 g/mol. The van der Waals surface area contributed by atoms with Crippen molar-refractivity contribution >= 4 is 60.4 Å². The molecule has 0 saturated carbocycles. The van der Waals surface area contributed by atoms with Crippen LogP contribution in [-0.2, 0) is 27.1 Å². The van der Waals surface area contributed by atoms with E-state index in [0.29, 0.717) is 34.1 Å². The van der Waals surface area contributed by atoms with Gasteiger partial charge in [0.15, 0.2) is 0 Å². The van der Waals surface area contributed by atoms with Gasteiger partial charge in [-0.3, -0.25) is 0 Å². The van der Waals surface area contributed by atoms with Crippen molar-refractivity contribution in [3.8, 4) is 34.1 Å². The molecular weight excluding hydrogens is 947 g/mol. The normalized spacial score (nSPS) is 13.0. The summed E-state index contributed by atoms with van der Waals surface area (Å²) in [5.41, 5.74) is 13.6. The summed E-state index contributed by atoms with van der Waals surface area (Å²) in [5.74, 6) is 2.43. The summed E-state index contributed by atoms with van der Waals surface area (Å²) in [6.07, 6.45) is 0. The van der Waals surface area contributed by atoms with E-state index >= 15 is 0 Å². The second kappa shape index (κ2) is 18.9. The lowest BCUT2D eigenvalue weighted by Crippen LogP contribution is -2.15. The molecule has 0 aliphatic rings. The molecule has 8 nitrogen and oxygen atoms in total. The zero-order valence-electron chi connectivity index (χ0n) is 47.6. The average Bonchev–Trinajstić information content (AvgIpc) is 3.53. The molecule has 2 heterocycles. The van der Waals surface area contributed by atoms with E-state index < -0.39 is 27.3 Å². The van der Waals surface area contributed by atoms with Crippen LogP contribution in [0.2, 0.25) is 0 Å². The number of rotatable bonds is 7. The number of hydrogen-bond donors (Lipinski definition) is 0. The van der Waals surface area contributed by atoms with E-state index in [1.165, 1.54) is 16.7 Å². The van der Waals surface area contributed by atoms with Crippen LogP contribution in [-0.4, -0.2) is 14.2 Å². The van der Waals surface area contributed by atoms with Crippen molar-refractivity contribution in [2.24, 2.45) is 0 Å². The molecule has 73 heavy (non-hydrogen) atoms. The summed E-state index contributed by atoms with van der Waals surface area (Å²) >= 11 is 0. The Balaban J connectivity index is 1.48. The van der Waals surface area contributed by atoms with Gasteiger partial charge in [-0.15, -0.1) is 0 Å². The average molecular weight is 1030 g/mol. The molecule has 0 aliphatic heterocycles. The van der Waals surface area contributed by atoms with Crippen LogP contribution >= 0.6 is 16.5 Å². The van der Waals surface area contributed by atoms with Gasteiger partial charge in [0.25, 0.3) is 0 Å². The lowest BCUT2D eigenvalue weighted by atomic mass is 9.81. The fraction of sp³-hybridized carbons (Fsp3) is 0.429. The van der Waals surface area contributed by atoms with Gasteiger partial charge >= 0.3 is 16.5 Å². The van der Waals surface area contributed by atoms with Crippen molar-refractivity contribution in [1.82, 2.24) is 0 Å². The predicted octanol–water partition coefficient (Wildman–Crippen LogP) is 20.3. The number of methoxy groups -OCH3 is 2. The van der Waals surface area contributed by atoms with E-state index in [1.54, 1.807) is 14.2 Å². The topological polar surface area (TPSA) is 89.5 Å².